The predicted molar refractivity (Wildman–Crippen MR) is 135 cm³/mol. The third-order valence-electron chi connectivity index (χ3n) is 7.91. The molecule has 0 bridgehead atoms. The van der Waals surface area contributed by atoms with Crippen LogP contribution < -0.4 is 5.32 Å². The quantitative estimate of drug-likeness (QED) is 0.471. The van der Waals surface area contributed by atoms with Crippen LogP contribution in [0.2, 0.25) is 0 Å². The Balaban J connectivity index is 1.52. The second kappa shape index (κ2) is 7.89. The lowest BCUT2D eigenvalue weighted by Gasteiger charge is -2.38. The van der Waals surface area contributed by atoms with Gasteiger partial charge in [0.15, 0.2) is 0 Å². The Morgan fingerprint density at radius 2 is 1.85 bits per heavy atom. The highest BCUT2D eigenvalue weighted by molar-refractivity contribution is 5.74. The van der Waals surface area contributed by atoms with E-state index in [1.54, 1.807) is 0 Å². The van der Waals surface area contributed by atoms with Crippen molar-refractivity contribution < 1.29 is 0 Å². The van der Waals surface area contributed by atoms with Crippen LogP contribution in [0.25, 0.3) is 11.3 Å². The summed E-state index contributed by atoms with van der Waals surface area (Å²) in [5.74, 6) is 2.28. The minimum atomic E-state index is -0.0797. The van der Waals surface area contributed by atoms with Crippen molar-refractivity contribution in [2.75, 3.05) is 5.32 Å². The number of anilines is 1. The number of aromatic nitrogens is 4. The maximum absolute atomic E-state index is 5.01. The highest BCUT2D eigenvalue weighted by Gasteiger charge is 2.38. The maximum Gasteiger partial charge on any atom is 0.134 e. The molecule has 5 heteroatoms. The van der Waals surface area contributed by atoms with Crippen LogP contribution in [0.5, 0.6) is 0 Å². The zero-order valence-electron chi connectivity index (χ0n) is 20.8. The lowest BCUT2D eigenvalue weighted by atomic mass is 9.71. The summed E-state index contributed by atoms with van der Waals surface area (Å²) in [7, 11) is 2.06. The second-order valence-electron chi connectivity index (χ2n) is 11.2. The number of fused-ring (bicyclic) bond motifs is 1. The van der Waals surface area contributed by atoms with Crippen LogP contribution in [0, 0.1) is 11.8 Å². The molecule has 33 heavy (non-hydrogen) atoms. The number of aryl methyl sites for hydroxylation is 1. The van der Waals surface area contributed by atoms with E-state index >= 15 is 0 Å². The fourth-order valence-corrected chi connectivity index (χ4v) is 5.61. The van der Waals surface area contributed by atoms with E-state index in [1.165, 1.54) is 18.4 Å². The Hall–Kier alpha value is -2.82. The van der Waals surface area contributed by atoms with Crippen molar-refractivity contribution in [1.29, 1.82) is 0 Å². The molecule has 1 N–H and O–H groups in total. The van der Waals surface area contributed by atoms with Gasteiger partial charge in [-0.2, -0.15) is 10.2 Å². The number of hydrogen-bond acceptors (Lipinski definition) is 3. The van der Waals surface area contributed by atoms with Crippen LogP contribution in [0.3, 0.4) is 0 Å². The van der Waals surface area contributed by atoms with Crippen LogP contribution in [0.4, 0.5) is 5.82 Å². The van der Waals surface area contributed by atoms with Gasteiger partial charge >= 0.3 is 0 Å². The van der Waals surface area contributed by atoms with E-state index in [1.807, 2.05) is 10.9 Å². The topological polar surface area (TPSA) is 47.7 Å². The van der Waals surface area contributed by atoms with Gasteiger partial charge in [0.05, 0.1) is 34.7 Å². The summed E-state index contributed by atoms with van der Waals surface area (Å²) in [6, 6.07) is 13.3. The summed E-state index contributed by atoms with van der Waals surface area (Å²) >= 11 is 0. The Morgan fingerprint density at radius 3 is 2.55 bits per heavy atom. The van der Waals surface area contributed by atoms with E-state index in [-0.39, 0.29) is 17.0 Å². The number of allylic oxidation sites excluding steroid dienone is 2. The van der Waals surface area contributed by atoms with Gasteiger partial charge in [0.2, 0.25) is 0 Å². The van der Waals surface area contributed by atoms with E-state index in [9.17, 15) is 0 Å². The van der Waals surface area contributed by atoms with Gasteiger partial charge in [-0.25, -0.2) is 4.68 Å². The zero-order valence-corrected chi connectivity index (χ0v) is 20.8. The van der Waals surface area contributed by atoms with Crippen LogP contribution in [-0.2, 0) is 18.0 Å². The summed E-state index contributed by atoms with van der Waals surface area (Å²) in [5, 5.41) is 13.6. The van der Waals surface area contributed by atoms with Crippen LogP contribution in [0.15, 0.2) is 54.7 Å². The minimum absolute atomic E-state index is 0.0147. The number of nitrogens with one attached hydrogen (secondary N) is 1. The average molecular weight is 444 g/mol. The first-order valence-electron chi connectivity index (χ1n) is 12.3. The summed E-state index contributed by atoms with van der Waals surface area (Å²) in [5.41, 5.74) is 4.61. The first-order chi connectivity index (χ1) is 15.7. The molecule has 3 unspecified atom stereocenters. The molecule has 0 saturated heterocycles. The maximum atomic E-state index is 5.01. The monoisotopic (exact) mass is 443 g/mol. The van der Waals surface area contributed by atoms with Crippen molar-refractivity contribution in [2.45, 2.75) is 70.9 Å². The normalized spacial score (nSPS) is 24.4. The Kier molecular flexibility index (Phi) is 5.26. The summed E-state index contributed by atoms with van der Waals surface area (Å²) in [6.45, 7) is 11.5. The van der Waals surface area contributed by atoms with E-state index in [0.717, 1.165) is 29.2 Å². The molecule has 0 radical (unpaired) electrons. The van der Waals surface area contributed by atoms with Crippen molar-refractivity contribution >= 4 is 5.82 Å². The highest BCUT2D eigenvalue weighted by Crippen LogP contribution is 2.44. The van der Waals surface area contributed by atoms with Gasteiger partial charge < -0.3 is 5.32 Å². The van der Waals surface area contributed by atoms with Crippen LogP contribution >= 0.6 is 0 Å². The Morgan fingerprint density at radius 1 is 1.09 bits per heavy atom. The zero-order chi connectivity index (χ0) is 23.4. The molecule has 174 valence electrons. The standard InChI is InChI=1S/C28H37N5/c1-19-12-14-21(15-13-19)28(4,5)25-16-24(32(6)31-25)22-18-29-33-26(22)30-23(17-27(33,2)3)20-10-8-7-9-11-20/h7-12,14,16,18-19,21,23,30H,13,15,17H2,1-6H3. The average Bonchev–Trinajstić information content (AvgIpc) is 3.38. The van der Waals surface area contributed by atoms with E-state index in [0.29, 0.717) is 11.8 Å². The summed E-state index contributed by atoms with van der Waals surface area (Å²) < 4.78 is 4.19. The molecule has 1 aliphatic carbocycles. The van der Waals surface area contributed by atoms with Crippen LogP contribution in [-0.4, -0.2) is 19.6 Å². The van der Waals surface area contributed by atoms with Gasteiger partial charge in [-0.05, 0) is 56.6 Å². The lowest BCUT2D eigenvalue weighted by molar-refractivity contribution is 0.263. The van der Waals surface area contributed by atoms with Crippen molar-refractivity contribution in [1.82, 2.24) is 19.6 Å². The van der Waals surface area contributed by atoms with Gasteiger partial charge in [-0.1, -0.05) is 63.3 Å². The molecular weight excluding hydrogens is 406 g/mol. The third kappa shape index (κ3) is 3.81. The van der Waals surface area contributed by atoms with Gasteiger partial charge in [0.25, 0.3) is 0 Å². The van der Waals surface area contributed by atoms with Gasteiger partial charge in [-0.3, -0.25) is 4.68 Å². The number of hydrogen-bond donors (Lipinski definition) is 1. The summed E-state index contributed by atoms with van der Waals surface area (Å²) in [4.78, 5) is 0. The fourth-order valence-electron chi connectivity index (χ4n) is 5.61. The number of rotatable bonds is 4. The first kappa shape index (κ1) is 22.0. The van der Waals surface area contributed by atoms with Gasteiger partial charge in [0.1, 0.15) is 5.82 Å². The molecule has 2 aromatic heterocycles. The largest absolute Gasteiger partial charge is 0.363 e. The smallest absolute Gasteiger partial charge is 0.134 e. The summed E-state index contributed by atoms with van der Waals surface area (Å²) in [6.07, 6.45) is 10.3. The molecule has 3 atom stereocenters. The number of benzene rings is 1. The van der Waals surface area contributed by atoms with Gasteiger partial charge in [0, 0.05) is 12.5 Å². The molecule has 0 amide bonds. The molecular formula is C28H37N5. The molecule has 3 heterocycles. The second-order valence-corrected chi connectivity index (χ2v) is 11.2. The van der Waals surface area contributed by atoms with E-state index in [4.69, 9.17) is 10.2 Å². The fraction of sp³-hybridized carbons (Fsp3) is 0.500. The third-order valence-corrected chi connectivity index (χ3v) is 7.91. The molecule has 3 aromatic rings. The van der Waals surface area contributed by atoms with Crippen molar-refractivity contribution in [3.05, 3.63) is 66.0 Å². The molecule has 1 aromatic carbocycles. The molecule has 0 saturated carbocycles. The van der Waals surface area contributed by atoms with Crippen molar-refractivity contribution in [2.24, 2.45) is 18.9 Å². The van der Waals surface area contributed by atoms with E-state index in [2.05, 4.69) is 100 Å². The molecule has 5 rings (SSSR count). The Bertz CT molecular complexity index is 1160. The number of nitrogens with zero attached hydrogens (tertiary/aromatic N) is 4. The lowest BCUT2D eigenvalue weighted by Crippen LogP contribution is -2.37. The van der Waals surface area contributed by atoms with Crippen molar-refractivity contribution in [3.63, 3.8) is 0 Å². The van der Waals surface area contributed by atoms with Crippen LogP contribution in [0.1, 0.15) is 71.2 Å². The molecule has 0 fully saturated rings. The van der Waals surface area contributed by atoms with Gasteiger partial charge in [-0.15, -0.1) is 0 Å². The molecule has 1 aliphatic heterocycles. The SMILES string of the molecule is CC1C=CC(C(C)(C)c2cc(-c3cnn4c3NC(c3ccccc3)CC4(C)C)n(C)n2)CC1. The van der Waals surface area contributed by atoms with Crippen molar-refractivity contribution in [3.8, 4) is 11.3 Å². The predicted octanol–water partition coefficient (Wildman–Crippen LogP) is 6.46. The highest BCUT2D eigenvalue weighted by atomic mass is 15.4. The molecule has 5 nitrogen and oxygen atoms in total. The molecule has 0 spiro atoms. The minimum Gasteiger partial charge on any atom is -0.363 e. The first-order valence-corrected chi connectivity index (χ1v) is 12.3. The molecule has 2 aliphatic rings. The Labute approximate surface area is 197 Å². The van der Waals surface area contributed by atoms with E-state index < -0.39 is 0 Å².